The van der Waals surface area contributed by atoms with E-state index in [-0.39, 0.29) is 23.8 Å². The number of nitrogens with zero attached hydrogens (tertiary/aromatic N) is 2. The van der Waals surface area contributed by atoms with E-state index in [0.717, 1.165) is 5.56 Å². The van der Waals surface area contributed by atoms with Crippen LogP contribution < -0.4 is 4.72 Å². The molecule has 0 aliphatic rings. The zero-order valence-electron chi connectivity index (χ0n) is 15.4. The molecule has 1 atom stereocenters. The molecule has 0 saturated carbocycles. The second-order valence-electron chi connectivity index (χ2n) is 6.05. The van der Waals surface area contributed by atoms with Gasteiger partial charge in [-0.2, -0.15) is 0 Å². The van der Waals surface area contributed by atoms with Gasteiger partial charge in [0.25, 0.3) is 5.89 Å². The van der Waals surface area contributed by atoms with Gasteiger partial charge in [0.1, 0.15) is 0 Å². The second kappa shape index (κ2) is 9.17. The second-order valence-corrected chi connectivity index (χ2v) is 8.25. The third kappa shape index (κ3) is 5.63. The van der Waals surface area contributed by atoms with Crippen molar-refractivity contribution in [1.29, 1.82) is 0 Å². The Labute approximate surface area is 172 Å². The highest BCUT2D eigenvalue weighted by Gasteiger charge is 2.20. The predicted octanol–water partition coefficient (Wildman–Crippen LogP) is 3.36. The van der Waals surface area contributed by atoms with Crippen molar-refractivity contribution in [3.8, 4) is 11.5 Å². The zero-order valence-corrected chi connectivity index (χ0v) is 17.0. The number of esters is 1. The Morgan fingerprint density at radius 3 is 2.66 bits per heavy atom. The smallest absolute Gasteiger partial charge is 0.307 e. The monoisotopic (exact) mass is 435 g/mol. The van der Waals surface area contributed by atoms with Crippen molar-refractivity contribution in [3.63, 3.8) is 0 Å². The summed E-state index contributed by atoms with van der Waals surface area (Å²) in [6.45, 7) is 1.47. The average Bonchev–Trinajstić information content (AvgIpc) is 3.19. The predicted molar refractivity (Wildman–Crippen MR) is 105 cm³/mol. The van der Waals surface area contributed by atoms with E-state index in [1.54, 1.807) is 13.0 Å². The highest BCUT2D eigenvalue weighted by molar-refractivity contribution is 7.89. The van der Waals surface area contributed by atoms with Crippen LogP contribution in [0, 0.1) is 0 Å². The first-order chi connectivity index (χ1) is 13.8. The van der Waals surface area contributed by atoms with Gasteiger partial charge in [-0.25, -0.2) is 13.1 Å². The lowest BCUT2D eigenvalue weighted by molar-refractivity contribution is -0.149. The molecule has 0 bridgehead atoms. The molecule has 8 nitrogen and oxygen atoms in total. The minimum atomic E-state index is -3.77. The molecule has 29 heavy (non-hydrogen) atoms. The fourth-order valence-corrected chi connectivity index (χ4v) is 3.74. The van der Waals surface area contributed by atoms with Crippen LogP contribution in [0.25, 0.3) is 11.5 Å². The third-order valence-electron chi connectivity index (χ3n) is 3.84. The van der Waals surface area contributed by atoms with Crippen molar-refractivity contribution in [2.24, 2.45) is 0 Å². The van der Waals surface area contributed by atoms with Crippen LogP contribution in [0.3, 0.4) is 0 Å². The van der Waals surface area contributed by atoms with E-state index in [1.165, 1.54) is 18.2 Å². The SMILES string of the molecule is CC(OC(=O)CCNS(=O)(=O)c1cccc(Cl)c1)c1nnc(-c2ccccc2)o1. The molecule has 1 N–H and O–H groups in total. The maximum absolute atomic E-state index is 12.2. The molecule has 0 saturated heterocycles. The molecule has 0 radical (unpaired) electrons. The van der Waals surface area contributed by atoms with Crippen LogP contribution in [0.4, 0.5) is 0 Å². The van der Waals surface area contributed by atoms with Crippen molar-refractivity contribution in [2.75, 3.05) is 6.54 Å². The van der Waals surface area contributed by atoms with E-state index in [0.29, 0.717) is 10.9 Å². The number of hydrogen-bond acceptors (Lipinski definition) is 7. The van der Waals surface area contributed by atoms with Crippen molar-refractivity contribution in [2.45, 2.75) is 24.3 Å². The largest absolute Gasteiger partial charge is 0.453 e. The first-order valence-corrected chi connectivity index (χ1v) is 10.5. The molecule has 0 aliphatic carbocycles. The number of hydrogen-bond donors (Lipinski definition) is 1. The number of aromatic nitrogens is 2. The first kappa shape index (κ1) is 21.0. The summed E-state index contributed by atoms with van der Waals surface area (Å²) in [6.07, 6.45) is -0.930. The number of carbonyl (C=O) groups excluding carboxylic acids is 1. The van der Waals surface area contributed by atoms with E-state index in [2.05, 4.69) is 14.9 Å². The molecular weight excluding hydrogens is 418 g/mol. The molecule has 1 unspecified atom stereocenters. The van der Waals surface area contributed by atoms with Gasteiger partial charge in [0.05, 0.1) is 11.3 Å². The number of rotatable bonds is 8. The average molecular weight is 436 g/mol. The third-order valence-corrected chi connectivity index (χ3v) is 5.54. The standard InChI is InChI=1S/C19H18ClN3O5S/c1-13(18-22-23-19(28-18)14-6-3-2-4-7-14)27-17(24)10-11-21-29(25,26)16-9-5-8-15(20)12-16/h2-9,12-13,21H,10-11H2,1H3. The van der Waals surface area contributed by atoms with Gasteiger partial charge in [0.2, 0.25) is 15.9 Å². The lowest BCUT2D eigenvalue weighted by Crippen LogP contribution is -2.27. The molecule has 0 fully saturated rings. The summed E-state index contributed by atoms with van der Waals surface area (Å²) < 4.78 is 37.5. The van der Waals surface area contributed by atoms with Gasteiger partial charge in [-0.15, -0.1) is 10.2 Å². The van der Waals surface area contributed by atoms with E-state index in [4.69, 9.17) is 20.8 Å². The molecule has 2 aromatic carbocycles. The van der Waals surface area contributed by atoms with E-state index in [9.17, 15) is 13.2 Å². The molecule has 152 valence electrons. The first-order valence-electron chi connectivity index (χ1n) is 8.69. The fraction of sp³-hybridized carbons (Fsp3) is 0.211. The Morgan fingerprint density at radius 1 is 1.17 bits per heavy atom. The Hall–Kier alpha value is -2.75. The molecule has 1 heterocycles. The summed E-state index contributed by atoms with van der Waals surface area (Å²) in [5.74, 6) is -0.139. The molecule has 3 rings (SSSR count). The van der Waals surface area contributed by atoms with Gasteiger partial charge in [-0.3, -0.25) is 4.79 Å². The van der Waals surface area contributed by atoms with Crippen molar-refractivity contribution in [1.82, 2.24) is 14.9 Å². The molecule has 3 aromatic rings. The molecule has 0 spiro atoms. The highest BCUT2D eigenvalue weighted by atomic mass is 35.5. The number of ether oxygens (including phenoxy) is 1. The number of nitrogens with one attached hydrogen (secondary N) is 1. The van der Waals surface area contributed by atoms with E-state index < -0.39 is 22.1 Å². The quantitative estimate of drug-likeness (QED) is 0.540. The van der Waals surface area contributed by atoms with Crippen LogP contribution in [-0.4, -0.2) is 31.1 Å². The van der Waals surface area contributed by atoms with Gasteiger partial charge in [-0.1, -0.05) is 35.9 Å². The summed E-state index contributed by atoms with van der Waals surface area (Å²) in [4.78, 5) is 12.0. The summed E-state index contributed by atoms with van der Waals surface area (Å²) in [5, 5.41) is 8.14. The Balaban J connectivity index is 1.51. The van der Waals surface area contributed by atoms with Crippen LogP contribution in [0.15, 0.2) is 63.9 Å². The maximum atomic E-state index is 12.2. The lowest BCUT2D eigenvalue weighted by Gasteiger charge is -2.10. The summed E-state index contributed by atoms with van der Waals surface area (Å²) in [7, 11) is -3.77. The summed E-state index contributed by atoms with van der Waals surface area (Å²) in [5.41, 5.74) is 0.750. The molecule has 0 amide bonds. The molecule has 10 heteroatoms. The van der Waals surface area contributed by atoms with Crippen LogP contribution in [0.1, 0.15) is 25.3 Å². The Morgan fingerprint density at radius 2 is 1.93 bits per heavy atom. The summed E-state index contributed by atoms with van der Waals surface area (Å²) >= 11 is 5.81. The van der Waals surface area contributed by atoms with Gasteiger partial charge >= 0.3 is 5.97 Å². The van der Waals surface area contributed by atoms with Crippen molar-refractivity contribution < 1.29 is 22.4 Å². The van der Waals surface area contributed by atoms with Crippen LogP contribution in [0.2, 0.25) is 5.02 Å². The van der Waals surface area contributed by atoms with Gasteiger partial charge in [0.15, 0.2) is 6.10 Å². The van der Waals surface area contributed by atoms with Crippen LogP contribution in [0.5, 0.6) is 0 Å². The van der Waals surface area contributed by atoms with Gasteiger partial charge in [-0.05, 0) is 37.3 Å². The minimum Gasteiger partial charge on any atom is -0.453 e. The zero-order chi connectivity index (χ0) is 20.9. The number of halogens is 1. The van der Waals surface area contributed by atoms with Crippen molar-refractivity contribution >= 4 is 27.6 Å². The Kier molecular flexibility index (Phi) is 6.63. The topological polar surface area (TPSA) is 111 Å². The maximum Gasteiger partial charge on any atom is 0.307 e. The number of sulfonamides is 1. The van der Waals surface area contributed by atoms with Crippen LogP contribution >= 0.6 is 11.6 Å². The summed E-state index contributed by atoms with van der Waals surface area (Å²) in [6, 6.07) is 15.0. The lowest BCUT2D eigenvalue weighted by atomic mass is 10.2. The highest BCUT2D eigenvalue weighted by Crippen LogP contribution is 2.22. The number of carbonyl (C=O) groups is 1. The van der Waals surface area contributed by atoms with E-state index in [1.807, 2.05) is 30.3 Å². The fourth-order valence-electron chi connectivity index (χ4n) is 2.41. The molecular formula is C19H18ClN3O5S. The van der Waals surface area contributed by atoms with Gasteiger partial charge in [0, 0.05) is 17.1 Å². The van der Waals surface area contributed by atoms with Crippen molar-refractivity contribution in [3.05, 3.63) is 65.5 Å². The van der Waals surface area contributed by atoms with E-state index >= 15 is 0 Å². The number of benzene rings is 2. The normalized spacial score (nSPS) is 12.5. The minimum absolute atomic E-state index is 0.0195. The molecule has 1 aromatic heterocycles. The van der Waals surface area contributed by atoms with Crippen LogP contribution in [-0.2, 0) is 19.6 Å². The van der Waals surface area contributed by atoms with Gasteiger partial charge < -0.3 is 9.15 Å². The molecule has 0 aliphatic heterocycles. The Bertz CT molecular complexity index is 1090.